The SMILES string of the molecule is CC.CC.CCCC(c1ccccc1)C(C#N)c1ccccc1. The van der Waals surface area contributed by atoms with Crippen LogP contribution >= 0.6 is 0 Å². The lowest BCUT2D eigenvalue weighted by molar-refractivity contribution is 0.568. The van der Waals surface area contributed by atoms with Crippen LogP contribution in [0.1, 0.15) is 70.4 Å². The summed E-state index contributed by atoms with van der Waals surface area (Å²) in [5.74, 6) is 0.210. The van der Waals surface area contributed by atoms with E-state index in [0.29, 0.717) is 0 Å². The molecule has 0 heterocycles. The summed E-state index contributed by atoms with van der Waals surface area (Å²) in [5, 5.41) is 9.59. The zero-order chi connectivity index (χ0) is 17.5. The molecule has 0 saturated carbocycles. The minimum absolute atomic E-state index is 0.0662. The van der Waals surface area contributed by atoms with Crippen molar-refractivity contribution in [2.45, 2.75) is 59.3 Å². The van der Waals surface area contributed by atoms with Crippen LogP contribution < -0.4 is 0 Å². The van der Waals surface area contributed by atoms with Gasteiger partial charge in [0.2, 0.25) is 0 Å². The molecule has 0 spiro atoms. The predicted molar refractivity (Wildman–Crippen MR) is 102 cm³/mol. The Morgan fingerprint density at radius 1 is 0.783 bits per heavy atom. The fraction of sp³-hybridized carbons (Fsp3) is 0.409. The predicted octanol–water partition coefficient (Wildman–Crippen LogP) is 6.93. The number of benzene rings is 2. The third kappa shape index (κ3) is 6.70. The van der Waals surface area contributed by atoms with Crippen molar-refractivity contribution >= 4 is 0 Å². The summed E-state index contributed by atoms with van der Waals surface area (Å²) < 4.78 is 0. The van der Waals surface area contributed by atoms with Crippen LogP contribution in [0.5, 0.6) is 0 Å². The molecule has 0 aliphatic heterocycles. The van der Waals surface area contributed by atoms with Gasteiger partial charge < -0.3 is 0 Å². The van der Waals surface area contributed by atoms with Gasteiger partial charge in [0.1, 0.15) is 0 Å². The van der Waals surface area contributed by atoms with E-state index in [1.807, 2.05) is 52.0 Å². The van der Waals surface area contributed by atoms with E-state index < -0.39 is 0 Å². The highest BCUT2D eigenvalue weighted by atomic mass is 14.3. The Labute approximate surface area is 143 Å². The van der Waals surface area contributed by atoms with Crippen LogP contribution in [0.4, 0.5) is 0 Å². The Morgan fingerprint density at radius 3 is 1.61 bits per heavy atom. The molecule has 2 aromatic carbocycles. The van der Waals surface area contributed by atoms with Crippen LogP contribution in [-0.4, -0.2) is 0 Å². The Bertz CT molecular complexity index is 525. The van der Waals surface area contributed by atoms with Crippen molar-refractivity contribution in [2.75, 3.05) is 0 Å². The summed E-state index contributed by atoms with van der Waals surface area (Å²) in [6, 6.07) is 23.0. The first kappa shape index (κ1) is 20.9. The van der Waals surface area contributed by atoms with Crippen molar-refractivity contribution in [1.29, 1.82) is 5.26 Å². The van der Waals surface area contributed by atoms with Crippen LogP contribution in [0.2, 0.25) is 0 Å². The van der Waals surface area contributed by atoms with Gasteiger partial charge in [-0.05, 0) is 17.5 Å². The fourth-order valence-corrected chi connectivity index (χ4v) is 2.59. The molecule has 1 nitrogen and oxygen atoms in total. The van der Waals surface area contributed by atoms with Gasteiger partial charge in [-0.1, -0.05) is 102 Å². The van der Waals surface area contributed by atoms with E-state index in [1.54, 1.807) is 0 Å². The molecule has 0 aromatic heterocycles. The van der Waals surface area contributed by atoms with Crippen LogP contribution in [-0.2, 0) is 0 Å². The molecule has 0 aliphatic carbocycles. The van der Waals surface area contributed by atoms with Crippen molar-refractivity contribution in [3.05, 3.63) is 71.8 Å². The van der Waals surface area contributed by atoms with Gasteiger partial charge >= 0.3 is 0 Å². The second-order valence-electron chi connectivity index (χ2n) is 4.82. The molecule has 124 valence electrons. The average molecular weight is 309 g/mol. The van der Waals surface area contributed by atoms with Crippen LogP contribution in [0.25, 0.3) is 0 Å². The second-order valence-corrected chi connectivity index (χ2v) is 4.82. The van der Waals surface area contributed by atoms with E-state index in [2.05, 4.69) is 49.4 Å². The zero-order valence-corrected chi connectivity index (χ0v) is 15.3. The summed E-state index contributed by atoms with van der Waals surface area (Å²) in [5.41, 5.74) is 2.38. The van der Waals surface area contributed by atoms with Crippen LogP contribution in [0.15, 0.2) is 60.7 Å². The van der Waals surface area contributed by atoms with Gasteiger partial charge in [0.05, 0.1) is 12.0 Å². The van der Waals surface area contributed by atoms with Crippen molar-refractivity contribution in [1.82, 2.24) is 0 Å². The van der Waals surface area contributed by atoms with E-state index in [1.165, 1.54) is 5.56 Å². The maximum atomic E-state index is 9.59. The molecule has 2 aromatic rings. The van der Waals surface area contributed by atoms with E-state index in [-0.39, 0.29) is 11.8 Å². The van der Waals surface area contributed by atoms with E-state index in [0.717, 1.165) is 18.4 Å². The van der Waals surface area contributed by atoms with Crippen molar-refractivity contribution in [2.24, 2.45) is 0 Å². The highest BCUT2D eigenvalue weighted by molar-refractivity contribution is 5.32. The number of hydrogen-bond donors (Lipinski definition) is 0. The quantitative estimate of drug-likeness (QED) is 0.587. The standard InChI is InChI=1S/C18H19N.2C2H6/c1-2-9-17(15-10-5-3-6-11-15)18(14-19)16-12-7-4-8-13-16;2*1-2/h3-8,10-13,17-18H,2,9H2,1H3;2*1-2H3. The number of nitriles is 1. The summed E-state index contributed by atoms with van der Waals surface area (Å²) >= 11 is 0. The molecule has 0 saturated heterocycles. The van der Waals surface area contributed by atoms with E-state index in [9.17, 15) is 5.26 Å². The molecule has 0 bridgehead atoms. The van der Waals surface area contributed by atoms with Gasteiger partial charge in [-0.25, -0.2) is 0 Å². The first-order valence-corrected chi connectivity index (χ1v) is 8.86. The normalized spacial score (nSPS) is 11.7. The summed E-state index contributed by atoms with van der Waals surface area (Å²) in [6.07, 6.45) is 2.13. The van der Waals surface area contributed by atoms with Crippen molar-refractivity contribution in [3.8, 4) is 6.07 Å². The highest BCUT2D eigenvalue weighted by Crippen LogP contribution is 2.35. The topological polar surface area (TPSA) is 23.8 Å². The molecule has 2 unspecified atom stereocenters. The molecular weight excluding hydrogens is 278 g/mol. The highest BCUT2D eigenvalue weighted by Gasteiger charge is 2.23. The molecule has 23 heavy (non-hydrogen) atoms. The molecule has 1 heteroatoms. The zero-order valence-electron chi connectivity index (χ0n) is 15.3. The molecular formula is C22H31N. The van der Waals surface area contributed by atoms with E-state index >= 15 is 0 Å². The first-order valence-electron chi connectivity index (χ1n) is 8.86. The Balaban J connectivity index is 0.00000112. The molecule has 0 aliphatic rings. The second kappa shape index (κ2) is 13.6. The number of hydrogen-bond acceptors (Lipinski definition) is 1. The molecule has 0 amide bonds. The minimum Gasteiger partial charge on any atom is -0.198 e. The Kier molecular flexibility index (Phi) is 12.4. The number of nitrogens with zero attached hydrogens (tertiary/aromatic N) is 1. The lowest BCUT2D eigenvalue weighted by Gasteiger charge is -2.22. The van der Waals surface area contributed by atoms with Gasteiger partial charge in [-0.3, -0.25) is 0 Å². The molecule has 0 radical (unpaired) electrons. The van der Waals surface area contributed by atoms with Gasteiger partial charge in [-0.2, -0.15) is 5.26 Å². The minimum atomic E-state index is -0.0662. The molecule has 0 fully saturated rings. The summed E-state index contributed by atoms with van der Waals surface area (Å²) in [6.45, 7) is 10.2. The van der Waals surface area contributed by atoms with Crippen molar-refractivity contribution in [3.63, 3.8) is 0 Å². The van der Waals surface area contributed by atoms with Gasteiger partial charge in [-0.15, -0.1) is 0 Å². The monoisotopic (exact) mass is 309 g/mol. The summed E-state index contributed by atoms with van der Waals surface area (Å²) in [4.78, 5) is 0. The average Bonchev–Trinajstić information content (AvgIpc) is 2.66. The van der Waals surface area contributed by atoms with E-state index in [4.69, 9.17) is 0 Å². The Morgan fingerprint density at radius 2 is 1.22 bits per heavy atom. The van der Waals surface area contributed by atoms with Gasteiger partial charge in [0, 0.05) is 5.92 Å². The molecule has 2 atom stereocenters. The summed E-state index contributed by atoms with van der Waals surface area (Å²) in [7, 11) is 0. The number of rotatable bonds is 5. The maximum Gasteiger partial charge on any atom is 0.0781 e. The third-order valence-electron chi connectivity index (χ3n) is 3.53. The van der Waals surface area contributed by atoms with Crippen LogP contribution in [0.3, 0.4) is 0 Å². The fourth-order valence-electron chi connectivity index (χ4n) is 2.59. The largest absolute Gasteiger partial charge is 0.198 e. The third-order valence-corrected chi connectivity index (χ3v) is 3.53. The smallest absolute Gasteiger partial charge is 0.0781 e. The lowest BCUT2D eigenvalue weighted by Crippen LogP contribution is -2.10. The Hall–Kier alpha value is -2.07. The van der Waals surface area contributed by atoms with Gasteiger partial charge in [0.15, 0.2) is 0 Å². The first-order chi connectivity index (χ1) is 11.4. The maximum absolute atomic E-state index is 9.59. The van der Waals surface area contributed by atoms with Gasteiger partial charge in [0.25, 0.3) is 0 Å². The molecule has 0 N–H and O–H groups in total. The molecule has 2 rings (SSSR count). The van der Waals surface area contributed by atoms with Crippen molar-refractivity contribution < 1.29 is 0 Å². The van der Waals surface area contributed by atoms with Crippen LogP contribution in [0, 0.1) is 11.3 Å². The lowest BCUT2D eigenvalue weighted by atomic mass is 9.80.